The molecule has 1 aromatic heterocycles. The summed E-state index contributed by atoms with van der Waals surface area (Å²) in [6.45, 7) is 4.64. The smallest absolute Gasteiger partial charge is 0.318 e. The van der Waals surface area contributed by atoms with E-state index >= 15 is 0 Å². The average Bonchev–Trinajstić information content (AvgIpc) is 3.44. The van der Waals surface area contributed by atoms with Crippen molar-refractivity contribution in [1.29, 1.82) is 0 Å². The van der Waals surface area contributed by atoms with E-state index in [9.17, 15) is 14.0 Å². The van der Waals surface area contributed by atoms with Gasteiger partial charge >= 0.3 is 6.03 Å². The van der Waals surface area contributed by atoms with Crippen LogP contribution in [-0.2, 0) is 11.3 Å². The number of anilines is 2. The predicted molar refractivity (Wildman–Crippen MR) is 168 cm³/mol. The minimum Gasteiger partial charge on any atom is -0.495 e. The molecule has 0 radical (unpaired) electrons. The van der Waals surface area contributed by atoms with Gasteiger partial charge in [0.05, 0.1) is 12.8 Å². The normalized spacial score (nSPS) is 14.9. The Bertz CT molecular complexity index is 1580. The first kappa shape index (κ1) is 29.9. The fourth-order valence-electron chi connectivity index (χ4n) is 5.66. The third kappa shape index (κ3) is 6.91. The molecule has 226 valence electrons. The SMILES string of the molecule is COc1ccc(CN(C)C)cc1NC(=O)[C@H](NC(=O)N1CCN(c2cccc(F)c2)CC1)[C@H](C)c1c[nH]c2ccccc12. The number of piperazine rings is 1. The van der Waals surface area contributed by atoms with Crippen molar-refractivity contribution in [3.63, 3.8) is 0 Å². The average molecular weight is 587 g/mol. The van der Waals surface area contributed by atoms with Crippen molar-refractivity contribution < 1.29 is 18.7 Å². The van der Waals surface area contributed by atoms with Crippen molar-refractivity contribution in [2.24, 2.45) is 0 Å². The van der Waals surface area contributed by atoms with Gasteiger partial charge in [0.25, 0.3) is 0 Å². The predicted octanol–water partition coefficient (Wildman–Crippen LogP) is 5.02. The standard InChI is InChI=1S/C33H39FN6O3/c1-22(27-20-35-28-11-6-5-10-26(27)28)31(32(41)36-29-18-23(21-38(2)3)12-13-30(29)43-4)37-33(42)40-16-14-39(15-17-40)25-9-7-8-24(34)19-25/h5-13,18-20,22,31,35H,14-17,21H2,1-4H3,(H,36,41)(H,37,42)/t22-,31-/m1/s1. The van der Waals surface area contributed by atoms with E-state index in [0.29, 0.717) is 44.2 Å². The maximum Gasteiger partial charge on any atom is 0.318 e. The van der Waals surface area contributed by atoms with Crippen LogP contribution in [0.15, 0.2) is 72.9 Å². The van der Waals surface area contributed by atoms with Crippen LogP contribution in [0.4, 0.5) is 20.6 Å². The number of nitrogens with one attached hydrogen (secondary N) is 3. The first-order chi connectivity index (χ1) is 20.7. The number of halogens is 1. The van der Waals surface area contributed by atoms with Gasteiger partial charge in [-0.25, -0.2) is 9.18 Å². The Morgan fingerprint density at radius 3 is 2.51 bits per heavy atom. The number of aromatic amines is 1. The molecule has 5 rings (SSSR count). The highest BCUT2D eigenvalue weighted by molar-refractivity contribution is 5.99. The molecule has 0 aliphatic carbocycles. The van der Waals surface area contributed by atoms with E-state index in [1.807, 2.05) is 80.6 Å². The summed E-state index contributed by atoms with van der Waals surface area (Å²) in [5, 5.41) is 7.08. The number of aromatic nitrogens is 1. The van der Waals surface area contributed by atoms with Crippen LogP contribution in [0.1, 0.15) is 24.0 Å². The van der Waals surface area contributed by atoms with Crippen molar-refractivity contribution in [2.75, 3.05) is 57.6 Å². The van der Waals surface area contributed by atoms with Crippen molar-refractivity contribution in [1.82, 2.24) is 20.1 Å². The van der Waals surface area contributed by atoms with Gasteiger partial charge in [-0.05, 0) is 61.6 Å². The molecule has 1 aliphatic rings. The molecule has 0 spiro atoms. The molecule has 4 aromatic rings. The molecule has 1 fully saturated rings. The van der Waals surface area contributed by atoms with E-state index < -0.39 is 6.04 Å². The number of hydrogen-bond donors (Lipinski definition) is 3. The zero-order valence-electron chi connectivity index (χ0n) is 25.1. The minimum absolute atomic E-state index is 0.290. The van der Waals surface area contributed by atoms with Crippen LogP contribution in [0, 0.1) is 5.82 Å². The molecule has 0 saturated carbocycles. The summed E-state index contributed by atoms with van der Waals surface area (Å²) in [7, 11) is 5.53. The summed E-state index contributed by atoms with van der Waals surface area (Å²) in [6, 6.07) is 18.9. The Morgan fingerprint density at radius 1 is 1.02 bits per heavy atom. The number of carbonyl (C=O) groups is 2. The monoisotopic (exact) mass is 586 g/mol. The summed E-state index contributed by atoms with van der Waals surface area (Å²) >= 11 is 0. The second-order valence-electron chi connectivity index (χ2n) is 11.2. The summed E-state index contributed by atoms with van der Waals surface area (Å²) in [5.41, 5.74) is 4.24. The van der Waals surface area contributed by atoms with E-state index in [0.717, 1.165) is 27.7 Å². The van der Waals surface area contributed by atoms with Gasteiger partial charge in [0.1, 0.15) is 17.6 Å². The molecular formula is C33H39FN6O3. The second-order valence-corrected chi connectivity index (χ2v) is 11.2. The lowest BCUT2D eigenvalue weighted by Gasteiger charge is -2.37. The lowest BCUT2D eigenvalue weighted by molar-refractivity contribution is -0.118. The van der Waals surface area contributed by atoms with Gasteiger partial charge < -0.3 is 35.1 Å². The van der Waals surface area contributed by atoms with Gasteiger partial charge in [-0.1, -0.05) is 37.3 Å². The molecule has 0 bridgehead atoms. The van der Waals surface area contributed by atoms with E-state index in [2.05, 4.69) is 20.5 Å². The number of rotatable bonds is 9. The fourth-order valence-corrected chi connectivity index (χ4v) is 5.66. The molecule has 2 heterocycles. The molecule has 10 heteroatoms. The number of hydrogen-bond acceptors (Lipinski definition) is 5. The summed E-state index contributed by atoms with van der Waals surface area (Å²) in [4.78, 5) is 36.7. The van der Waals surface area contributed by atoms with Crippen LogP contribution in [0.5, 0.6) is 5.75 Å². The van der Waals surface area contributed by atoms with Crippen molar-refractivity contribution in [3.05, 3.63) is 89.9 Å². The van der Waals surface area contributed by atoms with Gasteiger partial charge in [0.2, 0.25) is 5.91 Å². The van der Waals surface area contributed by atoms with Crippen molar-refractivity contribution in [3.8, 4) is 5.75 Å². The summed E-state index contributed by atoms with van der Waals surface area (Å²) in [6.07, 6.45) is 1.90. The van der Waals surface area contributed by atoms with Crippen LogP contribution in [-0.4, -0.2) is 80.1 Å². The quantitative estimate of drug-likeness (QED) is 0.256. The maximum atomic E-state index is 14.0. The van der Waals surface area contributed by atoms with Gasteiger partial charge in [-0.2, -0.15) is 0 Å². The Labute approximate surface area is 251 Å². The number of ether oxygens (including phenoxy) is 1. The van der Waals surface area contributed by atoms with Crippen LogP contribution in [0.25, 0.3) is 10.9 Å². The van der Waals surface area contributed by atoms with Gasteiger partial charge in [-0.3, -0.25) is 4.79 Å². The molecular weight excluding hydrogens is 547 g/mol. The maximum absolute atomic E-state index is 14.0. The molecule has 9 nitrogen and oxygen atoms in total. The van der Waals surface area contributed by atoms with Crippen LogP contribution >= 0.6 is 0 Å². The number of carbonyl (C=O) groups excluding carboxylic acids is 2. The van der Waals surface area contributed by atoms with Gasteiger partial charge in [-0.15, -0.1) is 0 Å². The van der Waals surface area contributed by atoms with E-state index in [-0.39, 0.29) is 23.7 Å². The zero-order chi connectivity index (χ0) is 30.5. The summed E-state index contributed by atoms with van der Waals surface area (Å²) in [5.74, 6) is -0.453. The highest BCUT2D eigenvalue weighted by atomic mass is 19.1. The third-order valence-corrected chi connectivity index (χ3v) is 7.93. The van der Waals surface area contributed by atoms with E-state index in [1.165, 1.54) is 12.1 Å². The number of nitrogens with zero attached hydrogens (tertiary/aromatic N) is 3. The molecule has 2 atom stereocenters. The van der Waals surface area contributed by atoms with Crippen LogP contribution in [0.2, 0.25) is 0 Å². The molecule has 3 N–H and O–H groups in total. The number of para-hydroxylation sites is 1. The number of amides is 3. The highest BCUT2D eigenvalue weighted by Crippen LogP contribution is 2.31. The van der Waals surface area contributed by atoms with E-state index in [1.54, 1.807) is 18.1 Å². The van der Waals surface area contributed by atoms with Crippen molar-refractivity contribution >= 4 is 34.2 Å². The molecule has 43 heavy (non-hydrogen) atoms. The number of methoxy groups -OCH3 is 1. The van der Waals surface area contributed by atoms with Crippen LogP contribution in [0.3, 0.4) is 0 Å². The Hall–Kier alpha value is -4.57. The summed E-state index contributed by atoms with van der Waals surface area (Å²) < 4.78 is 19.3. The highest BCUT2D eigenvalue weighted by Gasteiger charge is 2.32. The molecule has 3 aromatic carbocycles. The number of fused-ring (bicyclic) bond motifs is 1. The zero-order valence-corrected chi connectivity index (χ0v) is 25.1. The largest absolute Gasteiger partial charge is 0.495 e. The third-order valence-electron chi connectivity index (χ3n) is 7.93. The molecule has 0 unspecified atom stereocenters. The van der Waals surface area contributed by atoms with Crippen LogP contribution < -0.4 is 20.3 Å². The Balaban J connectivity index is 1.37. The van der Waals surface area contributed by atoms with Crippen molar-refractivity contribution in [2.45, 2.75) is 25.4 Å². The lowest BCUT2D eigenvalue weighted by Crippen LogP contribution is -2.56. The van der Waals surface area contributed by atoms with Gasteiger partial charge in [0, 0.05) is 61.4 Å². The van der Waals surface area contributed by atoms with Gasteiger partial charge in [0.15, 0.2) is 0 Å². The number of urea groups is 1. The minimum atomic E-state index is -0.879. The Kier molecular flexibility index (Phi) is 9.16. The number of H-pyrrole nitrogens is 1. The molecule has 3 amide bonds. The first-order valence-corrected chi connectivity index (χ1v) is 14.5. The Morgan fingerprint density at radius 2 is 1.79 bits per heavy atom. The molecule has 1 saturated heterocycles. The number of benzene rings is 3. The van der Waals surface area contributed by atoms with E-state index in [4.69, 9.17) is 4.74 Å². The topological polar surface area (TPSA) is 92.9 Å². The second kappa shape index (κ2) is 13.2. The lowest BCUT2D eigenvalue weighted by atomic mass is 9.92. The molecule has 1 aliphatic heterocycles. The first-order valence-electron chi connectivity index (χ1n) is 14.5. The fraction of sp³-hybridized carbons (Fsp3) is 0.333.